The van der Waals surface area contributed by atoms with Gasteiger partial charge in [-0.3, -0.25) is 4.79 Å². The highest BCUT2D eigenvalue weighted by molar-refractivity contribution is 5.81. The molecule has 0 unspecified atom stereocenters. The van der Waals surface area contributed by atoms with Crippen molar-refractivity contribution in [2.24, 2.45) is 5.92 Å². The summed E-state index contributed by atoms with van der Waals surface area (Å²) >= 11 is 0. The summed E-state index contributed by atoms with van der Waals surface area (Å²) in [5, 5.41) is 0. The van der Waals surface area contributed by atoms with Gasteiger partial charge in [-0.25, -0.2) is 0 Å². The van der Waals surface area contributed by atoms with Crippen molar-refractivity contribution in [3.8, 4) is 11.5 Å². The number of carbonyl (C=O) groups is 1. The van der Waals surface area contributed by atoms with Gasteiger partial charge in [0.2, 0.25) is 0 Å². The Hall–Kier alpha value is -2.29. The van der Waals surface area contributed by atoms with Crippen LogP contribution in [0.1, 0.15) is 28.8 Å². The summed E-state index contributed by atoms with van der Waals surface area (Å²) < 4.78 is 11.6. The molecule has 0 bridgehead atoms. The molecule has 1 saturated carbocycles. The summed E-state index contributed by atoms with van der Waals surface area (Å²) in [5.74, 6) is 1.85. The van der Waals surface area contributed by atoms with Crippen molar-refractivity contribution in [1.82, 2.24) is 0 Å². The predicted octanol–water partition coefficient (Wildman–Crippen LogP) is 3.87. The second-order valence-electron chi connectivity index (χ2n) is 5.32. The van der Waals surface area contributed by atoms with Gasteiger partial charge in [0, 0.05) is 0 Å². The van der Waals surface area contributed by atoms with Gasteiger partial charge in [-0.15, -0.1) is 0 Å². The van der Waals surface area contributed by atoms with Gasteiger partial charge in [-0.05, 0) is 36.5 Å². The van der Waals surface area contributed by atoms with Crippen LogP contribution in [0, 0.1) is 5.92 Å². The van der Waals surface area contributed by atoms with Gasteiger partial charge in [0.1, 0.15) is 6.61 Å². The molecular formula is C18H18O3. The van der Waals surface area contributed by atoms with E-state index in [1.165, 1.54) is 12.8 Å². The quantitative estimate of drug-likeness (QED) is 0.723. The molecule has 0 aromatic heterocycles. The molecule has 3 rings (SSSR count). The molecule has 21 heavy (non-hydrogen) atoms. The van der Waals surface area contributed by atoms with Crippen molar-refractivity contribution in [1.29, 1.82) is 0 Å². The molecule has 0 heterocycles. The van der Waals surface area contributed by atoms with E-state index in [9.17, 15) is 4.79 Å². The summed E-state index contributed by atoms with van der Waals surface area (Å²) in [5.41, 5.74) is 1.59. The lowest BCUT2D eigenvalue weighted by molar-refractivity contribution is 0.111. The molecule has 1 aliphatic carbocycles. The van der Waals surface area contributed by atoms with Crippen LogP contribution in [-0.2, 0) is 6.61 Å². The Kier molecular flexibility index (Phi) is 4.20. The Morgan fingerprint density at radius 3 is 2.52 bits per heavy atom. The standard InChI is InChI=1S/C18H18O3/c19-11-16-7-4-8-17(20-12-15-9-10-15)18(16)21-13-14-5-2-1-3-6-14/h1-8,11,15H,9-10,12-13H2. The molecule has 2 aromatic rings. The van der Waals surface area contributed by atoms with E-state index < -0.39 is 0 Å². The normalized spacial score (nSPS) is 13.7. The second-order valence-corrected chi connectivity index (χ2v) is 5.32. The van der Waals surface area contributed by atoms with Crippen LogP contribution < -0.4 is 9.47 Å². The van der Waals surface area contributed by atoms with Gasteiger partial charge in [-0.2, -0.15) is 0 Å². The summed E-state index contributed by atoms with van der Waals surface area (Å²) in [4.78, 5) is 11.2. The van der Waals surface area contributed by atoms with Crippen molar-refractivity contribution in [2.75, 3.05) is 6.61 Å². The fraction of sp³-hybridized carbons (Fsp3) is 0.278. The number of aldehydes is 1. The van der Waals surface area contributed by atoms with E-state index >= 15 is 0 Å². The number of hydrogen-bond donors (Lipinski definition) is 0. The monoisotopic (exact) mass is 282 g/mol. The summed E-state index contributed by atoms with van der Waals surface area (Å²) in [7, 11) is 0. The number of ether oxygens (including phenoxy) is 2. The number of rotatable bonds is 7. The minimum absolute atomic E-state index is 0.422. The van der Waals surface area contributed by atoms with Crippen LogP contribution in [0.15, 0.2) is 48.5 Å². The first-order valence-corrected chi connectivity index (χ1v) is 7.24. The van der Waals surface area contributed by atoms with Crippen LogP contribution in [0.2, 0.25) is 0 Å². The molecule has 1 fully saturated rings. The lowest BCUT2D eigenvalue weighted by atomic mass is 10.2. The van der Waals surface area contributed by atoms with Crippen LogP contribution in [-0.4, -0.2) is 12.9 Å². The second kappa shape index (κ2) is 6.44. The zero-order chi connectivity index (χ0) is 14.5. The third-order valence-corrected chi connectivity index (χ3v) is 3.53. The van der Waals surface area contributed by atoms with E-state index in [4.69, 9.17) is 9.47 Å². The van der Waals surface area contributed by atoms with Gasteiger partial charge in [0.25, 0.3) is 0 Å². The zero-order valence-corrected chi connectivity index (χ0v) is 11.8. The fourth-order valence-corrected chi connectivity index (χ4v) is 2.12. The highest BCUT2D eigenvalue weighted by Crippen LogP contribution is 2.34. The minimum Gasteiger partial charge on any atom is -0.489 e. The first-order chi connectivity index (χ1) is 10.4. The summed E-state index contributed by atoms with van der Waals surface area (Å²) in [6, 6.07) is 15.3. The lowest BCUT2D eigenvalue weighted by Gasteiger charge is -2.14. The average molecular weight is 282 g/mol. The van der Waals surface area contributed by atoms with E-state index in [0.717, 1.165) is 11.8 Å². The molecule has 0 aliphatic heterocycles. The van der Waals surface area contributed by atoms with Crippen molar-refractivity contribution >= 4 is 6.29 Å². The Morgan fingerprint density at radius 2 is 1.81 bits per heavy atom. The maximum atomic E-state index is 11.2. The van der Waals surface area contributed by atoms with Crippen LogP contribution in [0.25, 0.3) is 0 Å². The molecule has 1 aliphatic rings. The molecule has 3 heteroatoms. The topological polar surface area (TPSA) is 35.5 Å². The number of benzene rings is 2. The average Bonchev–Trinajstić information content (AvgIpc) is 3.36. The zero-order valence-electron chi connectivity index (χ0n) is 11.8. The lowest BCUT2D eigenvalue weighted by Crippen LogP contribution is -2.04. The summed E-state index contributed by atoms with van der Waals surface area (Å²) in [6.45, 7) is 1.12. The first kappa shape index (κ1) is 13.7. The SMILES string of the molecule is O=Cc1cccc(OCC2CC2)c1OCc1ccccc1. The van der Waals surface area contributed by atoms with Crippen molar-refractivity contribution in [2.45, 2.75) is 19.4 Å². The summed E-state index contributed by atoms with van der Waals surface area (Å²) in [6.07, 6.45) is 3.27. The Morgan fingerprint density at radius 1 is 1.00 bits per heavy atom. The molecule has 0 radical (unpaired) electrons. The predicted molar refractivity (Wildman–Crippen MR) is 80.8 cm³/mol. The largest absolute Gasteiger partial charge is 0.489 e. The van der Waals surface area contributed by atoms with Gasteiger partial charge in [-0.1, -0.05) is 36.4 Å². The van der Waals surface area contributed by atoms with Crippen molar-refractivity contribution in [3.63, 3.8) is 0 Å². The Labute approximate surface area is 124 Å². The molecule has 108 valence electrons. The van der Waals surface area contributed by atoms with E-state index in [2.05, 4.69) is 0 Å². The van der Waals surface area contributed by atoms with Gasteiger partial charge >= 0.3 is 0 Å². The van der Waals surface area contributed by atoms with Crippen molar-refractivity contribution < 1.29 is 14.3 Å². The van der Waals surface area contributed by atoms with E-state index in [1.54, 1.807) is 6.07 Å². The van der Waals surface area contributed by atoms with Crippen molar-refractivity contribution in [3.05, 3.63) is 59.7 Å². The highest BCUT2D eigenvalue weighted by atomic mass is 16.5. The third kappa shape index (κ3) is 3.63. The van der Waals surface area contributed by atoms with E-state index in [1.807, 2.05) is 42.5 Å². The van der Waals surface area contributed by atoms with E-state index in [-0.39, 0.29) is 0 Å². The molecule has 0 N–H and O–H groups in total. The number of para-hydroxylation sites is 1. The Balaban J connectivity index is 1.75. The Bertz CT molecular complexity index is 603. The molecule has 2 aromatic carbocycles. The first-order valence-electron chi connectivity index (χ1n) is 7.24. The molecule has 0 saturated heterocycles. The number of carbonyl (C=O) groups excluding carboxylic acids is 1. The molecule has 3 nitrogen and oxygen atoms in total. The highest BCUT2D eigenvalue weighted by Gasteiger charge is 2.23. The van der Waals surface area contributed by atoms with Crippen LogP contribution in [0.5, 0.6) is 11.5 Å². The van der Waals surface area contributed by atoms with Crippen LogP contribution >= 0.6 is 0 Å². The molecule has 0 atom stereocenters. The van der Waals surface area contributed by atoms with Gasteiger partial charge < -0.3 is 9.47 Å². The van der Waals surface area contributed by atoms with Crippen LogP contribution in [0.3, 0.4) is 0 Å². The maximum Gasteiger partial charge on any atom is 0.172 e. The molecule has 0 amide bonds. The molecule has 0 spiro atoms. The van der Waals surface area contributed by atoms with E-state index in [0.29, 0.717) is 36.2 Å². The smallest absolute Gasteiger partial charge is 0.172 e. The fourth-order valence-electron chi connectivity index (χ4n) is 2.12. The maximum absolute atomic E-state index is 11.2. The third-order valence-electron chi connectivity index (χ3n) is 3.53. The minimum atomic E-state index is 0.422. The van der Waals surface area contributed by atoms with Gasteiger partial charge in [0.05, 0.1) is 12.2 Å². The van der Waals surface area contributed by atoms with Gasteiger partial charge in [0.15, 0.2) is 17.8 Å². The van der Waals surface area contributed by atoms with Crippen LogP contribution in [0.4, 0.5) is 0 Å². The number of hydrogen-bond acceptors (Lipinski definition) is 3. The molecular weight excluding hydrogens is 264 g/mol.